The van der Waals surface area contributed by atoms with Gasteiger partial charge in [0, 0.05) is 25.6 Å². The first-order valence-electron chi connectivity index (χ1n) is 6.23. The molecular formula is C12H18N4O. The molecule has 1 unspecified atom stereocenters. The van der Waals surface area contributed by atoms with Gasteiger partial charge in [-0.3, -0.25) is 0 Å². The Morgan fingerprint density at radius 1 is 1.24 bits per heavy atom. The average molecular weight is 234 g/mol. The van der Waals surface area contributed by atoms with Crippen LogP contribution in [0.3, 0.4) is 0 Å². The predicted octanol–water partition coefficient (Wildman–Crippen LogP) is 0.555. The molecule has 1 aromatic heterocycles. The second-order valence-electron chi connectivity index (χ2n) is 4.66. The lowest BCUT2D eigenvalue weighted by atomic mass is 9.98. The molecule has 1 fully saturated rings. The van der Waals surface area contributed by atoms with Gasteiger partial charge in [0.25, 0.3) is 0 Å². The lowest BCUT2D eigenvalue weighted by Gasteiger charge is -2.22. The highest BCUT2D eigenvalue weighted by molar-refractivity contribution is 5.34. The van der Waals surface area contributed by atoms with Gasteiger partial charge in [-0.15, -0.1) is 0 Å². The third-order valence-electron chi connectivity index (χ3n) is 3.52. The highest BCUT2D eigenvalue weighted by atomic mass is 16.5. The summed E-state index contributed by atoms with van der Waals surface area (Å²) in [5.74, 6) is 2.13. The van der Waals surface area contributed by atoms with Crippen LogP contribution in [-0.2, 0) is 13.1 Å². The van der Waals surface area contributed by atoms with E-state index < -0.39 is 0 Å². The monoisotopic (exact) mass is 234 g/mol. The number of methoxy groups -OCH3 is 1. The van der Waals surface area contributed by atoms with Gasteiger partial charge in [0.1, 0.15) is 5.82 Å². The molecular weight excluding hydrogens is 216 g/mol. The van der Waals surface area contributed by atoms with Crippen molar-refractivity contribution in [3.63, 3.8) is 0 Å². The number of hydrogen-bond donors (Lipinski definition) is 2. The number of hydrogen-bond acceptors (Lipinski definition) is 5. The summed E-state index contributed by atoms with van der Waals surface area (Å²) in [6.45, 7) is 3.75. The number of aromatic nitrogens is 2. The molecule has 0 aliphatic carbocycles. The van der Waals surface area contributed by atoms with Crippen LogP contribution in [0.2, 0.25) is 0 Å². The molecule has 5 heteroatoms. The van der Waals surface area contributed by atoms with Crippen LogP contribution >= 0.6 is 0 Å². The third kappa shape index (κ3) is 2.00. The number of piperidine rings is 1. The minimum absolute atomic E-state index is 0.434. The van der Waals surface area contributed by atoms with Crippen molar-refractivity contribution in [3.8, 4) is 5.88 Å². The number of ether oxygens (including phenoxy) is 1. The molecule has 0 spiro atoms. The Morgan fingerprint density at radius 3 is 2.94 bits per heavy atom. The summed E-state index contributed by atoms with van der Waals surface area (Å²) >= 11 is 0. The topological polar surface area (TPSA) is 59.1 Å². The van der Waals surface area contributed by atoms with E-state index in [4.69, 9.17) is 9.72 Å². The second kappa shape index (κ2) is 4.58. The van der Waals surface area contributed by atoms with Crippen molar-refractivity contribution in [2.45, 2.75) is 31.8 Å². The number of fused-ring (bicyclic) bond motifs is 1. The first kappa shape index (κ1) is 10.9. The van der Waals surface area contributed by atoms with Gasteiger partial charge in [0.15, 0.2) is 0 Å². The molecule has 1 aromatic rings. The quantitative estimate of drug-likeness (QED) is 0.783. The predicted molar refractivity (Wildman–Crippen MR) is 64.0 cm³/mol. The lowest BCUT2D eigenvalue weighted by molar-refractivity contribution is 0.381. The molecule has 2 aliphatic heterocycles. The van der Waals surface area contributed by atoms with Gasteiger partial charge in [-0.05, 0) is 19.4 Å². The maximum absolute atomic E-state index is 5.38. The molecule has 0 amide bonds. The molecule has 17 heavy (non-hydrogen) atoms. The highest BCUT2D eigenvalue weighted by Crippen LogP contribution is 2.27. The van der Waals surface area contributed by atoms with E-state index in [0.29, 0.717) is 5.92 Å². The minimum atomic E-state index is 0.434. The Balaban J connectivity index is 1.94. The third-order valence-corrected chi connectivity index (χ3v) is 3.52. The molecule has 0 saturated carbocycles. The van der Waals surface area contributed by atoms with Crippen LogP contribution in [0.4, 0.5) is 0 Å². The van der Waals surface area contributed by atoms with Crippen molar-refractivity contribution < 1.29 is 4.74 Å². The van der Waals surface area contributed by atoms with E-state index in [1.165, 1.54) is 12.8 Å². The van der Waals surface area contributed by atoms with E-state index >= 15 is 0 Å². The largest absolute Gasteiger partial charge is 0.481 e. The summed E-state index contributed by atoms with van der Waals surface area (Å²) in [6.07, 6.45) is 2.37. The van der Waals surface area contributed by atoms with Crippen LogP contribution in [0.25, 0.3) is 0 Å². The zero-order valence-corrected chi connectivity index (χ0v) is 10.1. The zero-order chi connectivity index (χ0) is 11.7. The molecule has 3 heterocycles. The molecule has 92 valence electrons. The highest BCUT2D eigenvalue weighted by Gasteiger charge is 2.24. The minimum Gasteiger partial charge on any atom is -0.481 e. The molecule has 1 saturated heterocycles. The summed E-state index contributed by atoms with van der Waals surface area (Å²) in [5.41, 5.74) is 2.23. The molecule has 5 nitrogen and oxygen atoms in total. The Labute approximate surface area is 101 Å². The average Bonchev–Trinajstić information content (AvgIpc) is 2.86. The van der Waals surface area contributed by atoms with Gasteiger partial charge in [-0.25, -0.2) is 4.98 Å². The molecule has 0 bridgehead atoms. The fraction of sp³-hybridized carbons (Fsp3) is 0.667. The molecule has 2 aliphatic rings. The molecule has 0 radical (unpaired) electrons. The Kier molecular flexibility index (Phi) is 2.94. The Morgan fingerprint density at radius 2 is 2.18 bits per heavy atom. The fourth-order valence-corrected chi connectivity index (χ4v) is 2.58. The van der Waals surface area contributed by atoms with Crippen molar-refractivity contribution in [3.05, 3.63) is 17.1 Å². The zero-order valence-electron chi connectivity index (χ0n) is 10.1. The normalized spacial score (nSPS) is 23.5. The summed E-state index contributed by atoms with van der Waals surface area (Å²) in [6, 6.07) is 0. The van der Waals surface area contributed by atoms with Crippen LogP contribution in [-0.4, -0.2) is 30.2 Å². The first-order valence-corrected chi connectivity index (χ1v) is 6.23. The van der Waals surface area contributed by atoms with Gasteiger partial charge >= 0.3 is 0 Å². The second-order valence-corrected chi connectivity index (χ2v) is 4.66. The first-order chi connectivity index (χ1) is 8.38. The van der Waals surface area contributed by atoms with E-state index in [2.05, 4.69) is 15.6 Å². The van der Waals surface area contributed by atoms with Gasteiger partial charge in [0.05, 0.1) is 18.4 Å². The van der Waals surface area contributed by atoms with Crippen molar-refractivity contribution in [1.82, 2.24) is 20.6 Å². The van der Waals surface area contributed by atoms with Gasteiger partial charge in [-0.1, -0.05) is 0 Å². The van der Waals surface area contributed by atoms with Crippen LogP contribution in [0, 0.1) is 0 Å². The van der Waals surface area contributed by atoms with E-state index in [1.54, 1.807) is 7.11 Å². The Bertz CT molecular complexity index is 415. The fourth-order valence-electron chi connectivity index (χ4n) is 2.58. The van der Waals surface area contributed by atoms with Gasteiger partial charge < -0.3 is 15.4 Å². The molecule has 3 rings (SSSR count). The van der Waals surface area contributed by atoms with Gasteiger partial charge in [-0.2, -0.15) is 4.98 Å². The number of nitrogens with one attached hydrogen (secondary N) is 2. The molecule has 2 N–H and O–H groups in total. The maximum atomic E-state index is 5.38. The van der Waals surface area contributed by atoms with Crippen molar-refractivity contribution in [2.75, 3.05) is 20.2 Å². The Hall–Kier alpha value is -1.20. The van der Waals surface area contributed by atoms with Crippen molar-refractivity contribution in [2.24, 2.45) is 0 Å². The van der Waals surface area contributed by atoms with Crippen molar-refractivity contribution in [1.29, 1.82) is 0 Å². The van der Waals surface area contributed by atoms with E-state index in [-0.39, 0.29) is 0 Å². The van der Waals surface area contributed by atoms with Crippen LogP contribution in [0.15, 0.2) is 0 Å². The van der Waals surface area contributed by atoms with Crippen molar-refractivity contribution >= 4 is 0 Å². The molecule has 0 aromatic carbocycles. The van der Waals surface area contributed by atoms with E-state index in [1.807, 2.05) is 0 Å². The van der Waals surface area contributed by atoms with Crippen LogP contribution in [0.1, 0.15) is 35.8 Å². The summed E-state index contributed by atoms with van der Waals surface area (Å²) in [5, 5.41) is 6.70. The molecule has 1 atom stereocenters. The lowest BCUT2D eigenvalue weighted by Crippen LogP contribution is -2.29. The van der Waals surface area contributed by atoms with E-state index in [9.17, 15) is 0 Å². The SMILES string of the molecule is COc1nc(C2CCCNC2)nc2c1CNC2. The van der Waals surface area contributed by atoms with Crippen LogP contribution in [0.5, 0.6) is 5.88 Å². The van der Waals surface area contributed by atoms with Gasteiger partial charge in [0.2, 0.25) is 5.88 Å². The maximum Gasteiger partial charge on any atom is 0.221 e. The smallest absolute Gasteiger partial charge is 0.221 e. The number of rotatable bonds is 2. The summed E-state index contributed by atoms with van der Waals surface area (Å²) < 4.78 is 5.38. The van der Waals surface area contributed by atoms with E-state index in [0.717, 1.165) is 49.1 Å². The summed E-state index contributed by atoms with van der Waals surface area (Å²) in [4.78, 5) is 9.27. The number of nitrogens with zero attached hydrogens (tertiary/aromatic N) is 2. The standard InChI is InChI=1S/C12H18N4O/c1-17-12-9-6-14-7-10(9)15-11(16-12)8-3-2-4-13-5-8/h8,13-14H,2-7H2,1H3. The van der Waals surface area contributed by atoms with Crippen LogP contribution < -0.4 is 15.4 Å². The summed E-state index contributed by atoms with van der Waals surface area (Å²) in [7, 11) is 1.68.